The average Bonchev–Trinajstić information content (AvgIpc) is 2.65. The Labute approximate surface area is 102 Å². The fourth-order valence-corrected chi connectivity index (χ4v) is 3.36. The van der Waals surface area contributed by atoms with E-state index in [0.29, 0.717) is 0 Å². The molecule has 1 aromatic heterocycles. The highest BCUT2D eigenvalue weighted by Crippen LogP contribution is 2.23. The van der Waals surface area contributed by atoms with Gasteiger partial charge < -0.3 is 5.32 Å². The molecule has 0 spiro atoms. The van der Waals surface area contributed by atoms with Crippen molar-refractivity contribution in [2.45, 2.75) is 52.0 Å². The molecule has 1 aromatic rings. The Morgan fingerprint density at radius 2 is 2.38 bits per heavy atom. The zero-order valence-electron chi connectivity index (χ0n) is 10.3. The highest BCUT2D eigenvalue weighted by atomic mass is 32.1. The molecule has 1 aliphatic rings. The lowest BCUT2D eigenvalue weighted by Gasteiger charge is -2.27. The van der Waals surface area contributed by atoms with Gasteiger partial charge in [-0.15, -0.1) is 11.3 Å². The van der Waals surface area contributed by atoms with Gasteiger partial charge in [-0.1, -0.05) is 19.8 Å². The maximum atomic E-state index is 4.28. The minimum atomic E-state index is 0.761. The molecule has 90 valence electrons. The minimum absolute atomic E-state index is 0.761. The molecule has 3 heteroatoms. The van der Waals surface area contributed by atoms with Crippen LogP contribution in [0.1, 0.15) is 43.2 Å². The Morgan fingerprint density at radius 3 is 3.06 bits per heavy atom. The van der Waals surface area contributed by atoms with Crippen LogP contribution in [0, 0.1) is 12.8 Å². The maximum Gasteiger partial charge on any atom is 0.0797 e. The van der Waals surface area contributed by atoms with Gasteiger partial charge in [-0.2, -0.15) is 0 Å². The fraction of sp³-hybridized carbons (Fsp3) is 0.769. The van der Waals surface area contributed by atoms with Crippen LogP contribution in [0.4, 0.5) is 0 Å². The van der Waals surface area contributed by atoms with Gasteiger partial charge in [0.05, 0.1) is 11.2 Å². The van der Waals surface area contributed by atoms with Crippen LogP contribution < -0.4 is 5.32 Å². The van der Waals surface area contributed by atoms with Crippen molar-refractivity contribution in [3.63, 3.8) is 0 Å². The third-order valence-corrected chi connectivity index (χ3v) is 4.56. The Kier molecular flexibility index (Phi) is 4.36. The number of thiazole rings is 1. The number of hydrogen-bond donors (Lipinski definition) is 1. The maximum absolute atomic E-state index is 4.28. The minimum Gasteiger partial charge on any atom is -0.314 e. The van der Waals surface area contributed by atoms with E-state index in [-0.39, 0.29) is 0 Å². The van der Waals surface area contributed by atoms with Crippen LogP contribution in [0.5, 0.6) is 0 Å². The van der Waals surface area contributed by atoms with Gasteiger partial charge in [-0.05, 0) is 32.1 Å². The van der Waals surface area contributed by atoms with E-state index in [1.54, 1.807) is 11.3 Å². The molecule has 1 saturated carbocycles. The van der Waals surface area contributed by atoms with E-state index in [2.05, 4.69) is 24.1 Å². The van der Waals surface area contributed by atoms with Gasteiger partial charge in [0, 0.05) is 17.5 Å². The van der Waals surface area contributed by atoms with E-state index in [4.69, 9.17) is 0 Å². The topological polar surface area (TPSA) is 24.9 Å². The van der Waals surface area contributed by atoms with Crippen molar-refractivity contribution in [2.75, 3.05) is 6.54 Å². The fourth-order valence-electron chi connectivity index (χ4n) is 2.58. The van der Waals surface area contributed by atoms with Crippen molar-refractivity contribution < 1.29 is 0 Å². The van der Waals surface area contributed by atoms with Crippen LogP contribution in [0.15, 0.2) is 5.51 Å². The van der Waals surface area contributed by atoms with E-state index in [1.807, 2.05) is 5.51 Å². The standard InChI is InChI=1S/C13H22N2S/c1-10-4-3-5-12(8-10)14-7-6-13-11(2)15-9-16-13/h9-10,12,14H,3-8H2,1-2H3. The molecule has 0 amide bonds. The first-order valence-corrected chi connectivity index (χ1v) is 7.26. The zero-order chi connectivity index (χ0) is 11.4. The molecule has 2 unspecified atom stereocenters. The lowest BCUT2D eigenvalue weighted by molar-refractivity contribution is 0.303. The molecule has 0 aliphatic heterocycles. The third-order valence-electron chi connectivity index (χ3n) is 3.57. The third kappa shape index (κ3) is 3.29. The van der Waals surface area contributed by atoms with Crippen LogP contribution in [-0.2, 0) is 6.42 Å². The molecule has 2 nitrogen and oxygen atoms in total. The Bertz CT molecular complexity index is 321. The summed E-state index contributed by atoms with van der Waals surface area (Å²) < 4.78 is 0. The van der Waals surface area contributed by atoms with E-state index in [9.17, 15) is 0 Å². The molecule has 0 bridgehead atoms. The molecule has 0 aromatic carbocycles. The summed E-state index contributed by atoms with van der Waals surface area (Å²) >= 11 is 1.79. The summed E-state index contributed by atoms with van der Waals surface area (Å²) in [6, 6.07) is 0.761. The summed E-state index contributed by atoms with van der Waals surface area (Å²) in [5.41, 5.74) is 3.16. The zero-order valence-corrected chi connectivity index (χ0v) is 11.1. The lowest BCUT2D eigenvalue weighted by Crippen LogP contribution is -2.34. The van der Waals surface area contributed by atoms with Crippen LogP contribution >= 0.6 is 11.3 Å². The smallest absolute Gasteiger partial charge is 0.0797 e. The van der Waals surface area contributed by atoms with E-state index in [1.165, 1.54) is 36.3 Å². The number of aromatic nitrogens is 1. The summed E-state index contributed by atoms with van der Waals surface area (Å²) in [5, 5.41) is 3.70. The first kappa shape index (κ1) is 12.1. The quantitative estimate of drug-likeness (QED) is 0.871. The summed E-state index contributed by atoms with van der Waals surface area (Å²) in [6.45, 7) is 5.59. The summed E-state index contributed by atoms with van der Waals surface area (Å²) in [7, 11) is 0. The van der Waals surface area contributed by atoms with Gasteiger partial charge in [-0.25, -0.2) is 4.98 Å². The molecule has 1 fully saturated rings. The summed E-state index contributed by atoms with van der Waals surface area (Å²) in [5.74, 6) is 0.913. The molecular weight excluding hydrogens is 216 g/mol. The van der Waals surface area contributed by atoms with Gasteiger partial charge >= 0.3 is 0 Å². The molecule has 2 atom stereocenters. The monoisotopic (exact) mass is 238 g/mol. The van der Waals surface area contributed by atoms with Crippen LogP contribution in [0.25, 0.3) is 0 Å². The lowest BCUT2D eigenvalue weighted by atomic mass is 9.87. The van der Waals surface area contributed by atoms with Gasteiger partial charge in [0.2, 0.25) is 0 Å². The number of aryl methyl sites for hydroxylation is 1. The molecule has 1 N–H and O–H groups in total. The van der Waals surface area contributed by atoms with Gasteiger partial charge in [-0.3, -0.25) is 0 Å². The second kappa shape index (κ2) is 5.78. The largest absolute Gasteiger partial charge is 0.314 e. The number of nitrogens with one attached hydrogen (secondary N) is 1. The number of hydrogen-bond acceptors (Lipinski definition) is 3. The molecule has 16 heavy (non-hydrogen) atoms. The Balaban J connectivity index is 1.70. The SMILES string of the molecule is Cc1ncsc1CCNC1CCCC(C)C1. The highest BCUT2D eigenvalue weighted by Gasteiger charge is 2.17. The summed E-state index contributed by atoms with van der Waals surface area (Å²) in [6.07, 6.45) is 6.69. The van der Waals surface area contributed by atoms with Crippen LogP contribution in [-0.4, -0.2) is 17.6 Å². The molecule has 1 aliphatic carbocycles. The van der Waals surface area contributed by atoms with Crippen molar-refractivity contribution in [1.29, 1.82) is 0 Å². The normalized spacial score (nSPS) is 25.9. The molecule has 2 rings (SSSR count). The predicted octanol–water partition coefficient (Wildman–Crippen LogP) is 3.16. The predicted molar refractivity (Wildman–Crippen MR) is 70.0 cm³/mol. The van der Waals surface area contributed by atoms with Crippen molar-refractivity contribution in [2.24, 2.45) is 5.92 Å². The average molecular weight is 238 g/mol. The van der Waals surface area contributed by atoms with Crippen molar-refractivity contribution in [3.8, 4) is 0 Å². The van der Waals surface area contributed by atoms with E-state index >= 15 is 0 Å². The van der Waals surface area contributed by atoms with Crippen molar-refractivity contribution >= 4 is 11.3 Å². The van der Waals surface area contributed by atoms with E-state index in [0.717, 1.165) is 24.9 Å². The highest BCUT2D eigenvalue weighted by molar-refractivity contribution is 7.09. The molecule has 0 radical (unpaired) electrons. The Hall–Kier alpha value is -0.410. The first-order chi connectivity index (χ1) is 7.75. The second-order valence-corrected chi connectivity index (χ2v) is 5.97. The van der Waals surface area contributed by atoms with Gasteiger partial charge in [0.25, 0.3) is 0 Å². The number of nitrogens with zero attached hydrogens (tertiary/aromatic N) is 1. The Morgan fingerprint density at radius 1 is 1.50 bits per heavy atom. The molecule has 0 saturated heterocycles. The van der Waals surface area contributed by atoms with Crippen molar-refractivity contribution in [3.05, 3.63) is 16.1 Å². The van der Waals surface area contributed by atoms with Crippen LogP contribution in [0.2, 0.25) is 0 Å². The van der Waals surface area contributed by atoms with E-state index < -0.39 is 0 Å². The second-order valence-electron chi connectivity index (χ2n) is 5.03. The summed E-state index contributed by atoms with van der Waals surface area (Å²) in [4.78, 5) is 5.73. The molecule has 1 heterocycles. The van der Waals surface area contributed by atoms with Gasteiger partial charge in [0.15, 0.2) is 0 Å². The first-order valence-electron chi connectivity index (χ1n) is 6.38. The van der Waals surface area contributed by atoms with Crippen LogP contribution in [0.3, 0.4) is 0 Å². The molecular formula is C13H22N2S. The number of rotatable bonds is 4. The van der Waals surface area contributed by atoms with Crippen molar-refractivity contribution in [1.82, 2.24) is 10.3 Å². The van der Waals surface area contributed by atoms with Gasteiger partial charge in [0.1, 0.15) is 0 Å².